The van der Waals surface area contributed by atoms with Crippen LogP contribution in [0.5, 0.6) is 0 Å². The quantitative estimate of drug-likeness (QED) is 0.749. The maximum absolute atomic E-state index is 4.27. The number of anilines is 1. The summed E-state index contributed by atoms with van der Waals surface area (Å²) < 4.78 is 1.81. The summed E-state index contributed by atoms with van der Waals surface area (Å²) in [7, 11) is 1.93. The highest BCUT2D eigenvalue weighted by molar-refractivity contribution is 5.32. The van der Waals surface area contributed by atoms with Crippen LogP contribution in [-0.2, 0) is 7.05 Å². The third kappa shape index (κ3) is 2.07. The number of rotatable bonds is 3. The zero-order valence-electron chi connectivity index (χ0n) is 8.83. The SMILES string of the molecule is CC1CCNC1CNc1ccn(C)n1. The second-order valence-electron chi connectivity index (χ2n) is 4.08. The Balaban J connectivity index is 1.82. The number of aryl methyl sites for hydroxylation is 1. The molecule has 14 heavy (non-hydrogen) atoms. The molecule has 0 spiro atoms. The van der Waals surface area contributed by atoms with Gasteiger partial charge in [-0.3, -0.25) is 4.68 Å². The van der Waals surface area contributed by atoms with Crippen LogP contribution in [0.3, 0.4) is 0 Å². The summed E-state index contributed by atoms with van der Waals surface area (Å²) in [6.07, 6.45) is 3.24. The molecule has 1 aliphatic rings. The monoisotopic (exact) mass is 194 g/mol. The van der Waals surface area contributed by atoms with Crippen molar-refractivity contribution in [3.05, 3.63) is 12.3 Å². The van der Waals surface area contributed by atoms with Crippen molar-refractivity contribution < 1.29 is 0 Å². The molecule has 0 aromatic carbocycles. The molecular weight excluding hydrogens is 176 g/mol. The van der Waals surface area contributed by atoms with Gasteiger partial charge in [-0.1, -0.05) is 6.92 Å². The topological polar surface area (TPSA) is 41.9 Å². The van der Waals surface area contributed by atoms with E-state index in [1.807, 2.05) is 24.0 Å². The molecule has 0 bridgehead atoms. The van der Waals surface area contributed by atoms with E-state index in [4.69, 9.17) is 0 Å². The first kappa shape index (κ1) is 9.52. The van der Waals surface area contributed by atoms with Gasteiger partial charge in [-0.15, -0.1) is 0 Å². The summed E-state index contributed by atoms with van der Waals surface area (Å²) in [4.78, 5) is 0. The van der Waals surface area contributed by atoms with E-state index in [0.29, 0.717) is 6.04 Å². The normalized spacial score (nSPS) is 26.7. The van der Waals surface area contributed by atoms with E-state index in [-0.39, 0.29) is 0 Å². The van der Waals surface area contributed by atoms with Gasteiger partial charge in [0.1, 0.15) is 5.82 Å². The standard InChI is InChI=1S/C10H18N4/c1-8-3-5-11-9(8)7-12-10-4-6-14(2)13-10/h4,6,8-9,11H,3,5,7H2,1-2H3,(H,12,13). The van der Waals surface area contributed by atoms with Crippen molar-refractivity contribution in [3.8, 4) is 0 Å². The molecule has 2 atom stereocenters. The van der Waals surface area contributed by atoms with Gasteiger partial charge in [0.15, 0.2) is 0 Å². The van der Waals surface area contributed by atoms with Crippen LogP contribution in [0.1, 0.15) is 13.3 Å². The molecule has 1 saturated heterocycles. The lowest BCUT2D eigenvalue weighted by molar-refractivity contribution is 0.501. The van der Waals surface area contributed by atoms with Gasteiger partial charge >= 0.3 is 0 Å². The van der Waals surface area contributed by atoms with Gasteiger partial charge in [-0.2, -0.15) is 5.10 Å². The Morgan fingerprint density at radius 3 is 3.14 bits per heavy atom. The van der Waals surface area contributed by atoms with Gasteiger partial charge in [-0.25, -0.2) is 0 Å². The molecule has 2 unspecified atom stereocenters. The van der Waals surface area contributed by atoms with E-state index in [9.17, 15) is 0 Å². The average Bonchev–Trinajstić information content (AvgIpc) is 2.72. The molecule has 1 aromatic heterocycles. The Morgan fingerprint density at radius 1 is 1.71 bits per heavy atom. The minimum atomic E-state index is 0.594. The molecule has 4 nitrogen and oxygen atoms in total. The lowest BCUT2D eigenvalue weighted by Crippen LogP contribution is -2.33. The first-order valence-electron chi connectivity index (χ1n) is 5.22. The summed E-state index contributed by atoms with van der Waals surface area (Å²) in [5, 5.41) is 11.1. The van der Waals surface area contributed by atoms with E-state index in [0.717, 1.165) is 24.8 Å². The molecular formula is C10H18N4. The van der Waals surface area contributed by atoms with Crippen molar-refractivity contribution in [2.24, 2.45) is 13.0 Å². The third-order valence-corrected chi connectivity index (χ3v) is 2.91. The summed E-state index contributed by atoms with van der Waals surface area (Å²) in [6, 6.07) is 2.59. The smallest absolute Gasteiger partial charge is 0.148 e. The minimum absolute atomic E-state index is 0.594. The summed E-state index contributed by atoms with van der Waals surface area (Å²) in [6.45, 7) is 4.42. The van der Waals surface area contributed by atoms with Crippen LogP contribution >= 0.6 is 0 Å². The Bertz CT molecular complexity index is 294. The molecule has 0 radical (unpaired) electrons. The van der Waals surface area contributed by atoms with Crippen LogP contribution in [0.25, 0.3) is 0 Å². The lowest BCUT2D eigenvalue weighted by Gasteiger charge is -2.15. The Kier molecular flexibility index (Phi) is 2.72. The average molecular weight is 194 g/mol. The van der Waals surface area contributed by atoms with E-state index in [1.165, 1.54) is 6.42 Å². The lowest BCUT2D eigenvalue weighted by atomic mass is 10.0. The highest BCUT2D eigenvalue weighted by Gasteiger charge is 2.22. The van der Waals surface area contributed by atoms with E-state index >= 15 is 0 Å². The third-order valence-electron chi connectivity index (χ3n) is 2.91. The van der Waals surface area contributed by atoms with Crippen LogP contribution in [0, 0.1) is 5.92 Å². The zero-order chi connectivity index (χ0) is 9.97. The number of hydrogen-bond donors (Lipinski definition) is 2. The van der Waals surface area contributed by atoms with Gasteiger partial charge in [0, 0.05) is 31.9 Å². The van der Waals surface area contributed by atoms with Gasteiger partial charge in [0.2, 0.25) is 0 Å². The van der Waals surface area contributed by atoms with Crippen molar-refractivity contribution in [3.63, 3.8) is 0 Å². The van der Waals surface area contributed by atoms with Crippen molar-refractivity contribution in [1.82, 2.24) is 15.1 Å². The maximum atomic E-state index is 4.27. The predicted molar refractivity (Wildman–Crippen MR) is 57.3 cm³/mol. The van der Waals surface area contributed by atoms with E-state index < -0.39 is 0 Å². The Morgan fingerprint density at radius 2 is 2.57 bits per heavy atom. The second kappa shape index (κ2) is 4.00. The highest BCUT2D eigenvalue weighted by atomic mass is 15.3. The van der Waals surface area contributed by atoms with Crippen molar-refractivity contribution in [2.75, 3.05) is 18.4 Å². The highest BCUT2D eigenvalue weighted by Crippen LogP contribution is 2.14. The molecule has 2 rings (SSSR count). The largest absolute Gasteiger partial charge is 0.367 e. The molecule has 4 heteroatoms. The van der Waals surface area contributed by atoms with Crippen molar-refractivity contribution in [2.45, 2.75) is 19.4 Å². The second-order valence-corrected chi connectivity index (χ2v) is 4.08. The van der Waals surface area contributed by atoms with Crippen LogP contribution in [0.15, 0.2) is 12.3 Å². The minimum Gasteiger partial charge on any atom is -0.367 e. The van der Waals surface area contributed by atoms with Gasteiger partial charge < -0.3 is 10.6 Å². The van der Waals surface area contributed by atoms with Crippen LogP contribution in [0.4, 0.5) is 5.82 Å². The Labute approximate surface area is 84.7 Å². The maximum Gasteiger partial charge on any atom is 0.148 e. The van der Waals surface area contributed by atoms with Crippen molar-refractivity contribution in [1.29, 1.82) is 0 Å². The summed E-state index contributed by atoms with van der Waals surface area (Å²) in [5.41, 5.74) is 0. The molecule has 1 aliphatic heterocycles. The summed E-state index contributed by atoms with van der Waals surface area (Å²) >= 11 is 0. The van der Waals surface area contributed by atoms with Crippen LogP contribution < -0.4 is 10.6 Å². The molecule has 0 saturated carbocycles. The molecule has 78 valence electrons. The van der Waals surface area contributed by atoms with Gasteiger partial charge in [0.25, 0.3) is 0 Å². The zero-order valence-corrected chi connectivity index (χ0v) is 8.83. The number of nitrogens with one attached hydrogen (secondary N) is 2. The van der Waals surface area contributed by atoms with Gasteiger partial charge in [0.05, 0.1) is 0 Å². The number of nitrogens with zero attached hydrogens (tertiary/aromatic N) is 2. The van der Waals surface area contributed by atoms with E-state index in [2.05, 4.69) is 22.7 Å². The fraction of sp³-hybridized carbons (Fsp3) is 0.700. The molecule has 0 amide bonds. The summed E-state index contributed by atoms with van der Waals surface area (Å²) in [5.74, 6) is 1.74. The first-order chi connectivity index (χ1) is 6.75. The first-order valence-corrected chi connectivity index (χ1v) is 5.22. The fourth-order valence-electron chi connectivity index (χ4n) is 1.90. The molecule has 2 N–H and O–H groups in total. The van der Waals surface area contributed by atoms with Crippen LogP contribution in [0.2, 0.25) is 0 Å². The van der Waals surface area contributed by atoms with E-state index in [1.54, 1.807) is 0 Å². The fourth-order valence-corrected chi connectivity index (χ4v) is 1.90. The molecule has 1 fully saturated rings. The van der Waals surface area contributed by atoms with Gasteiger partial charge in [-0.05, 0) is 18.9 Å². The number of hydrogen-bond acceptors (Lipinski definition) is 3. The molecule has 1 aromatic rings. The Hall–Kier alpha value is -1.03. The van der Waals surface area contributed by atoms with Crippen molar-refractivity contribution >= 4 is 5.82 Å². The molecule has 0 aliphatic carbocycles. The molecule has 2 heterocycles. The number of aromatic nitrogens is 2. The predicted octanol–water partition coefficient (Wildman–Crippen LogP) is 0.830. The van der Waals surface area contributed by atoms with Crippen LogP contribution in [-0.4, -0.2) is 28.9 Å².